The van der Waals surface area contributed by atoms with E-state index in [1.165, 1.54) is 28.8 Å². The van der Waals surface area contributed by atoms with Gasteiger partial charge in [0.2, 0.25) is 0 Å². The maximum Gasteiger partial charge on any atom is 0.270 e. The van der Waals surface area contributed by atoms with Crippen molar-refractivity contribution in [3.05, 3.63) is 98.1 Å². The number of thiocarbonyl (C=S) groups is 1. The van der Waals surface area contributed by atoms with Gasteiger partial charge in [-0.25, -0.2) is 4.39 Å². The van der Waals surface area contributed by atoms with Crippen LogP contribution in [0.25, 0.3) is 6.08 Å². The van der Waals surface area contributed by atoms with Crippen LogP contribution in [0.3, 0.4) is 0 Å². The normalized spacial score (nSPS) is 15.1. The number of rotatable bonds is 5. The van der Waals surface area contributed by atoms with Crippen LogP contribution >= 0.6 is 51.5 Å². The molecule has 0 saturated carbocycles. The monoisotopic (exact) mass is 533 g/mol. The SMILES string of the molecule is O=C1/C(=C/c2ccc(OCc3ccc(F)cc3)cc2)SC(=S)N1c1ccc(Br)c(Cl)c1. The van der Waals surface area contributed by atoms with E-state index in [2.05, 4.69) is 15.9 Å². The molecule has 8 heteroatoms. The molecule has 3 nitrogen and oxygen atoms in total. The predicted octanol–water partition coefficient (Wildman–Crippen LogP) is 7.23. The number of carbonyl (C=O) groups is 1. The van der Waals surface area contributed by atoms with Gasteiger partial charge in [0.1, 0.15) is 18.2 Å². The number of nitrogens with zero attached hydrogens (tertiary/aromatic N) is 1. The zero-order valence-electron chi connectivity index (χ0n) is 15.8. The third-order valence-electron chi connectivity index (χ3n) is 4.45. The Labute approximate surface area is 202 Å². The number of benzene rings is 3. The molecule has 1 heterocycles. The highest BCUT2D eigenvalue weighted by Crippen LogP contribution is 2.38. The maximum absolute atomic E-state index is 13.0. The highest BCUT2D eigenvalue weighted by Gasteiger charge is 2.33. The van der Waals surface area contributed by atoms with Gasteiger partial charge in [0.15, 0.2) is 4.32 Å². The lowest BCUT2D eigenvalue weighted by Gasteiger charge is -2.15. The number of carbonyl (C=O) groups excluding carboxylic acids is 1. The molecule has 0 aromatic heterocycles. The zero-order valence-corrected chi connectivity index (χ0v) is 19.8. The quantitative estimate of drug-likeness (QED) is 0.255. The second-order valence-corrected chi connectivity index (χ2v) is 9.54. The van der Waals surface area contributed by atoms with Crippen LogP contribution < -0.4 is 9.64 Å². The Bertz CT molecular complexity index is 1180. The average molecular weight is 535 g/mol. The van der Waals surface area contributed by atoms with Gasteiger partial charge in [-0.2, -0.15) is 0 Å². The minimum absolute atomic E-state index is 0.190. The maximum atomic E-state index is 13.0. The van der Waals surface area contributed by atoms with Gasteiger partial charge in [-0.1, -0.05) is 59.8 Å². The van der Waals surface area contributed by atoms with E-state index < -0.39 is 0 Å². The van der Waals surface area contributed by atoms with Crippen molar-refractivity contribution in [2.45, 2.75) is 6.61 Å². The van der Waals surface area contributed by atoms with Crippen molar-refractivity contribution in [1.29, 1.82) is 0 Å². The molecule has 0 atom stereocenters. The van der Waals surface area contributed by atoms with Crippen molar-refractivity contribution >= 4 is 73.5 Å². The number of halogens is 3. The van der Waals surface area contributed by atoms with Crippen molar-refractivity contribution in [3.8, 4) is 5.75 Å². The fourth-order valence-corrected chi connectivity index (χ4v) is 4.59. The van der Waals surface area contributed by atoms with Crippen LogP contribution in [0.1, 0.15) is 11.1 Å². The number of ether oxygens (including phenoxy) is 1. The highest BCUT2D eigenvalue weighted by molar-refractivity contribution is 9.10. The summed E-state index contributed by atoms with van der Waals surface area (Å²) in [4.78, 5) is 14.9. The van der Waals surface area contributed by atoms with E-state index in [1.54, 1.807) is 36.4 Å². The first-order chi connectivity index (χ1) is 14.9. The third-order valence-corrected chi connectivity index (χ3v) is 6.99. The van der Waals surface area contributed by atoms with Crippen molar-refractivity contribution in [3.63, 3.8) is 0 Å². The van der Waals surface area contributed by atoms with E-state index >= 15 is 0 Å². The molecular formula is C23H14BrClFNO2S2. The number of thioether (sulfide) groups is 1. The molecule has 0 spiro atoms. The highest BCUT2D eigenvalue weighted by atomic mass is 79.9. The van der Waals surface area contributed by atoms with E-state index in [1.807, 2.05) is 24.3 Å². The summed E-state index contributed by atoms with van der Waals surface area (Å²) in [7, 11) is 0. The van der Waals surface area contributed by atoms with Crippen molar-refractivity contribution < 1.29 is 13.9 Å². The third kappa shape index (κ3) is 5.18. The van der Waals surface area contributed by atoms with Crippen LogP contribution in [0.5, 0.6) is 5.75 Å². The minimum atomic E-state index is -0.276. The van der Waals surface area contributed by atoms with E-state index in [0.29, 0.717) is 32.3 Å². The summed E-state index contributed by atoms with van der Waals surface area (Å²) in [6, 6.07) is 18.8. The molecule has 3 aromatic rings. The Balaban J connectivity index is 1.45. The molecule has 0 unspecified atom stereocenters. The fourth-order valence-electron chi connectivity index (χ4n) is 2.87. The van der Waals surface area contributed by atoms with Crippen molar-refractivity contribution in [2.75, 3.05) is 4.90 Å². The van der Waals surface area contributed by atoms with E-state index in [0.717, 1.165) is 15.6 Å². The summed E-state index contributed by atoms with van der Waals surface area (Å²) in [5.41, 5.74) is 2.36. The van der Waals surface area contributed by atoms with Gasteiger partial charge in [-0.15, -0.1) is 0 Å². The van der Waals surface area contributed by atoms with E-state index in [-0.39, 0.29) is 11.7 Å². The molecule has 1 fully saturated rings. The Morgan fingerprint density at radius 3 is 2.48 bits per heavy atom. The van der Waals surface area contributed by atoms with Gasteiger partial charge in [-0.05, 0) is 75.6 Å². The smallest absolute Gasteiger partial charge is 0.270 e. The summed E-state index contributed by atoms with van der Waals surface area (Å²) in [5, 5.41) is 0.506. The lowest BCUT2D eigenvalue weighted by atomic mass is 10.2. The Kier molecular flexibility index (Phi) is 6.77. The van der Waals surface area contributed by atoms with Gasteiger partial charge in [0, 0.05) is 4.47 Å². The summed E-state index contributed by atoms with van der Waals surface area (Å²) in [6.07, 6.45) is 1.80. The number of amides is 1. The summed E-state index contributed by atoms with van der Waals surface area (Å²) in [5.74, 6) is 0.213. The molecule has 1 amide bonds. The predicted molar refractivity (Wildman–Crippen MR) is 132 cm³/mol. The molecule has 0 bridgehead atoms. The standard InChI is InChI=1S/C23H14BrClFNO2S2/c24-19-10-7-17(12-20(19)25)27-22(28)21(31-23(27)30)11-14-3-8-18(9-4-14)29-13-15-1-5-16(26)6-2-15/h1-12H,13H2/b21-11-. The molecular weight excluding hydrogens is 521 g/mol. The van der Waals surface area contributed by atoms with Crippen LogP contribution in [-0.4, -0.2) is 10.2 Å². The average Bonchev–Trinajstić information content (AvgIpc) is 3.03. The zero-order chi connectivity index (χ0) is 22.0. The molecule has 156 valence electrons. The molecule has 0 aliphatic carbocycles. The Hall–Kier alpha value is -2.19. The topological polar surface area (TPSA) is 29.5 Å². The largest absolute Gasteiger partial charge is 0.489 e. The second-order valence-electron chi connectivity index (χ2n) is 6.60. The second kappa shape index (κ2) is 9.53. The van der Waals surface area contributed by atoms with E-state index in [9.17, 15) is 9.18 Å². The molecule has 3 aromatic carbocycles. The minimum Gasteiger partial charge on any atom is -0.489 e. The van der Waals surface area contributed by atoms with E-state index in [4.69, 9.17) is 28.6 Å². The van der Waals surface area contributed by atoms with Gasteiger partial charge in [0.05, 0.1) is 15.6 Å². The number of anilines is 1. The molecule has 31 heavy (non-hydrogen) atoms. The summed E-state index contributed by atoms with van der Waals surface area (Å²) < 4.78 is 19.9. The van der Waals surface area contributed by atoms with Crippen molar-refractivity contribution in [1.82, 2.24) is 0 Å². The molecule has 1 aliphatic heterocycles. The van der Waals surface area contributed by atoms with Gasteiger partial charge >= 0.3 is 0 Å². The van der Waals surface area contributed by atoms with Crippen LogP contribution in [0.15, 0.2) is 76.1 Å². The first-order valence-electron chi connectivity index (χ1n) is 9.11. The first-order valence-corrected chi connectivity index (χ1v) is 11.5. The lowest BCUT2D eigenvalue weighted by Crippen LogP contribution is -2.27. The number of hydrogen-bond acceptors (Lipinski definition) is 4. The molecule has 0 N–H and O–H groups in total. The molecule has 4 rings (SSSR count). The van der Waals surface area contributed by atoms with Gasteiger partial charge < -0.3 is 4.74 Å². The van der Waals surface area contributed by atoms with Gasteiger partial charge in [-0.3, -0.25) is 9.69 Å². The Morgan fingerprint density at radius 2 is 1.81 bits per heavy atom. The van der Waals surface area contributed by atoms with Crippen LogP contribution in [0.2, 0.25) is 5.02 Å². The van der Waals surface area contributed by atoms with Crippen LogP contribution in [0, 0.1) is 5.82 Å². The molecule has 0 radical (unpaired) electrons. The van der Waals surface area contributed by atoms with Gasteiger partial charge in [0.25, 0.3) is 5.91 Å². The van der Waals surface area contributed by atoms with Crippen molar-refractivity contribution in [2.24, 2.45) is 0 Å². The number of hydrogen-bond donors (Lipinski definition) is 0. The van der Waals surface area contributed by atoms with Crippen LogP contribution in [0.4, 0.5) is 10.1 Å². The first kappa shape index (κ1) is 22.0. The van der Waals surface area contributed by atoms with Crippen LogP contribution in [-0.2, 0) is 11.4 Å². The summed E-state index contributed by atoms with van der Waals surface area (Å²) in [6.45, 7) is 0.341. The lowest BCUT2D eigenvalue weighted by molar-refractivity contribution is -0.113. The Morgan fingerprint density at radius 1 is 1.10 bits per heavy atom. The fraction of sp³-hybridized carbons (Fsp3) is 0.0435. The summed E-state index contributed by atoms with van der Waals surface area (Å²) >= 11 is 16.2. The molecule has 1 aliphatic rings. The molecule has 1 saturated heterocycles.